The van der Waals surface area contributed by atoms with Gasteiger partial charge in [0, 0.05) is 17.3 Å². The molecule has 9 heteroatoms. The van der Waals surface area contributed by atoms with Gasteiger partial charge in [-0.25, -0.2) is 4.39 Å². The summed E-state index contributed by atoms with van der Waals surface area (Å²) in [6, 6.07) is 36.1. The van der Waals surface area contributed by atoms with Crippen molar-refractivity contribution in [1.29, 1.82) is 0 Å². The highest BCUT2D eigenvalue weighted by Crippen LogP contribution is 2.40. The summed E-state index contributed by atoms with van der Waals surface area (Å²) in [6.07, 6.45) is -1.27. The maximum Gasteiger partial charge on any atom is 0.305 e. The number of carboxylic acids is 1. The average molecular weight is 748 g/mol. The third-order valence-electron chi connectivity index (χ3n) is 9.27. The Balaban J connectivity index is 1.46. The van der Waals surface area contributed by atoms with E-state index in [9.17, 15) is 18.9 Å². The number of rotatable bonds is 13. The molecule has 0 saturated heterocycles. The monoisotopic (exact) mass is 747 g/mol. The Bertz CT molecular complexity index is 2050. The highest BCUT2D eigenvalue weighted by Gasteiger charge is 2.51. The van der Waals surface area contributed by atoms with Gasteiger partial charge in [-0.2, -0.15) is 0 Å². The highest BCUT2D eigenvalue weighted by atomic mass is 31.1. The molecule has 4 aromatic carbocycles. The van der Waals surface area contributed by atoms with Crippen molar-refractivity contribution < 1.29 is 27.8 Å². The summed E-state index contributed by atoms with van der Waals surface area (Å²) < 4.78 is 40.5. The van der Waals surface area contributed by atoms with Crippen LogP contribution in [0.25, 0.3) is 22.4 Å². The summed E-state index contributed by atoms with van der Waals surface area (Å²) in [7, 11) is -5.91. The fraction of sp³-hybridized carbons (Fsp3) is 0.273. The maximum atomic E-state index is 14.0. The second kappa shape index (κ2) is 17.5. The van der Waals surface area contributed by atoms with Gasteiger partial charge < -0.3 is 14.1 Å². The van der Waals surface area contributed by atoms with Gasteiger partial charge in [0.15, 0.2) is 8.03 Å². The molecule has 0 aliphatic carbocycles. The standard InChI is InChI=1S/C44H47FNO5PSi/c1-31(2)42-39(41(33-24-26-35(45)27-25-33)32(3)43(46-42)34-17-10-7-11-18-34)23-16-28-50-52(49)30-36(29-40(47)48)51-53(44(4,5)6,37-19-12-8-13-20-37)38-21-14-9-15-22-38/h7-15,17-22,24-27,31,36,52H,28-30H2,1-6H3,(H,47,48). The molecule has 53 heavy (non-hydrogen) atoms. The molecule has 2 unspecified atom stereocenters. The quantitative estimate of drug-likeness (QED) is 0.0735. The first-order valence-corrected chi connectivity index (χ1v) is 21.3. The molecule has 0 aliphatic heterocycles. The first-order valence-electron chi connectivity index (χ1n) is 17.8. The Morgan fingerprint density at radius 1 is 0.868 bits per heavy atom. The molecule has 0 amide bonds. The van der Waals surface area contributed by atoms with E-state index < -0.39 is 33.5 Å². The Hall–Kier alpha value is -4.64. The van der Waals surface area contributed by atoms with E-state index in [1.165, 1.54) is 12.1 Å². The molecule has 0 aliphatic rings. The third-order valence-corrected chi connectivity index (χ3v) is 15.6. The number of pyridine rings is 1. The zero-order valence-electron chi connectivity index (χ0n) is 31.2. The number of benzene rings is 4. The zero-order chi connectivity index (χ0) is 38.2. The molecule has 0 spiro atoms. The molecule has 274 valence electrons. The minimum absolute atomic E-state index is 0.0111. The average Bonchev–Trinajstić information content (AvgIpc) is 3.13. The molecule has 0 fully saturated rings. The van der Waals surface area contributed by atoms with Gasteiger partial charge in [0.25, 0.3) is 8.32 Å². The molecule has 6 nitrogen and oxygen atoms in total. The van der Waals surface area contributed by atoms with Gasteiger partial charge in [-0.3, -0.25) is 14.3 Å². The van der Waals surface area contributed by atoms with Crippen molar-refractivity contribution in [1.82, 2.24) is 4.98 Å². The fourth-order valence-corrected chi connectivity index (χ4v) is 12.7. The maximum absolute atomic E-state index is 14.0. The number of hydrogen-bond acceptors (Lipinski definition) is 5. The Morgan fingerprint density at radius 3 is 1.92 bits per heavy atom. The summed E-state index contributed by atoms with van der Waals surface area (Å²) in [5, 5.41) is 11.6. The number of aliphatic carboxylic acids is 1. The summed E-state index contributed by atoms with van der Waals surface area (Å²) in [6.45, 7) is 12.3. The second-order valence-electron chi connectivity index (χ2n) is 14.4. The van der Waals surface area contributed by atoms with Gasteiger partial charge >= 0.3 is 5.97 Å². The summed E-state index contributed by atoms with van der Waals surface area (Å²) in [5.74, 6) is 4.96. The number of carbonyl (C=O) groups is 1. The topological polar surface area (TPSA) is 85.7 Å². The molecule has 5 rings (SSSR count). The van der Waals surface area contributed by atoms with Crippen LogP contribution in [0.3, 0.4) is 0 Å². The highest BCUT2D eigenvalue weighted by molar-refractivity contribution is 7.39. The van der Waals surface area contributed by atoms with E-state index in [0.717, 1.165) is 44.0 Å². The number of halogens is 1. The molecule has 0 bridgehead atoms. The van der Waals surface area contributed by atoms with Crippen LogP contribution in [0.4, 0.5) is 4.39 Å². The molecular formula is C44H47FNO5PSi. The van der Waals surface area contributed by atoms with E-state index >= 15 is 0 Å². The summed E-state index contributed by atoms with van der Waals surface area (Å²) in [4.78, 5) is 17.3. The summed E-state index contributed by atoms with van der Waals surface area (Å²) in [5.41, 5.74) is 5.84. The van der Waals surface area contributed by atoms with Crippen LogP contribution in [0.1, 0.15) is 63.8 Å². The lowest BCUT2D eigenvalue weighted by Gasteiger charge is -2.45. The molecule has 5 aromatic rings. The Kier molecular flexibility index (Phi) is 13.0. The SMILES string of the molecule is Cc1c(-c2ccccc2)nc(C(C)C)c(C#CCO[PH](=O)CC(CC(=O)O)O[Si](c2ccccc2)(c2ccccc2)C(C)(C)C)c1-c1ccc(F)cc1. The Morgan fingerprint density at radius 2 is 1.42 bits per heavy atom. The van der Waals surface area contributed by atoms with Crippen molar-refractivity contribution in [2.24, 2.45) is 0 Å². The largest absolute Gasteiger partial charge is 0.481 e. The van der Waals surface area contributed by atoms with E-state index in [4.69, 9.17) is 13.9 Å². The molecule has 1 N–H and O–H groups in total. The van der Waals surface area contributed by atoms with Crippen molar-refractivity contribution in [3.05, 3.63) is 138 Å². The van der Waals surface area contributed by atoms with Crippen LogP contribution in [0, 0.1) is 24.6 Å². The number of hydrogen-bond donors (Lipinski definition) is 1. The van der Waals surface area contributed by atoms with Crippen LogP contribution in [-0.4, -0.2) is 43.2 Å². The molecule has 1 aromatic heterocycles. The predicted molar refractivity (Wildman–Crippen MR) is 215 cm³/mol. The van der Waals surface area contributed by atoms with Crippen LogP contribution in [0.5, 0.6) is 0 Å². The normalized spacial score (nSPS) is 12.9. The molecule has 2 atom stereocenters. The second-order valence-corrected chi connectivity index (χ2v) is 20.1. The van der Waals surface area contributed by atoms with Crippen molar-refractivity contribution in [3.8, 4) is 34.2 Å². The first-order chi connectivity index (χ1) is 25.3. The number of aromatic nitrogens is 1. The lowest BCUT2D eigenvalue weighted by molar-refractivity contribution is -0.138. The van der Waals surface area contributed by atoms with Crippen molar-refractivity contribution in [3.63, 3.8) is 0 Å². The molecule has 0 saturated carbocycles. The minimum atomic E-state index is -3.12. The van der Waals surface area contributed by atoms with Gasteiger partial charge in [0.05, 0.1) is 29.5 Å². The molecular weight excluding hydrogens is 701 g/mol. The Labute approximate surface area is 314 Å². The number of nitrogens with zero attached hydrogens (tertiary/aromatic N) is 1. The van der Waals surface area contributed by atoms with Crippen LogP contribution in [0.2, 0.25) is 5.04 Å². The van der Waals surface area contributed by atoms with Crippen LogP contribution >= 0.6 is 8.03 Å². The van der Waals surface area contributed by atoms with Gasteiger partial charge in [0.1, 0.15) is 12.4 Å². The van der Waals surface area contributed by atoms with Crippen molar-refractivity contribution >= 4 is 32.7 Å². The van der Waals surface area contributed by atoms with Gasteiger partial charge in [-0.15, -0.1) is 0 Å². The van der Waals surface area contributed by atoms with E-state index in [-0.39, 0.29) is 30.9 Å². The lowest BCUT2D eigenvalue weighted by Crippen LogP contribution is -2.68. The predicted octanol–water partition coefficient (Wildman–Crippen LogP) is 9.25. The number of carboxylic acid groups (broad SMARTS) is 1. The van der Waals surface area contributed by atoms with E-state index in [0.29, 0.717) is 5.56 Å². The van der Waals surface area contributed by atoms with E-state index in [1.54, 1.807) is 12.1 Å². The molecule has 0 radical (unpaired) electrons. The van der Waals surface area contributed by atoms with Crippen LogP contribution in [-0.2, 0) is 18.3 Å². The van der Waals surface area contributed by atoms with Crippen LogP contribution in [0.15, 0.2) is 115 Å². The minimum Gasteiger partial charge on any atom is -0.481 e. The smallest absolute Gasteiger partial charge is 0.305 e. The van der Waals surface area contributed by atoms with E-state index in [1.807, 2.05) is 97.9 Å². The van der Waals surface area contributed by atoms with Crippen molar-refractivity contribution in [2.45, 2.75) is 65.0 Å². The summed E-state index contributed by atoms with van der Waals surface area (Å²) >= 11 is 0. The van der Waals surface area contributed by atoms with Gasteiger partial charge in [-0.05, 0) is 51.5 Å². The van der Waals surface area contributed by atoms with Crippen molar-refractivity contribution in [2.75, 3.05) is 12.8 Å². The van der Waals surface area contributed by atoms with Gasteiger partial charge in [-0.1, -0.05) is 150 Å². The van der Waals surface area contributed by atoms with Gasteiger partial charge in [0.2, 0.25) is 0 Å². The first kappa shape index (κ1) is 39.6. The third kappa shape index (κ3) is 9.30. The zero-order valence-corrected chi connectivity index (χ0v) is 33.2. The fourth-order valence-electron chi connectivity index (χ4n) is 6.87. The lowest BCUT2D eigenvalue weighted by atomic mass is 9.88. The molecule has 1 heterocycles. The van der Waals surface area contributed by atoms with E-state index in [2.05, 4.69) is 46.5 Å². The van der Waals surface area contributed by atoms with Crippen LogP contribution < -0.4 is 10.4 Å².